The van der Waals surface area contributed by atoms with Gasteiger partial charge in [0, 0.05) is 13.0 Å². The minimum absolute atomic E-state index is 0.0266. The molecule has 0 aromatic carbocycles. The monoisotopic (exact) mass is 201 g/mol. The zero-order valence-electron chi connectivity index (χ0n) is 9.98. The molecule has 0 aromatic heterocycles. The molecule has 0 unspecified atom stereocenters. The minimum atomic E-state index is -0.699. The van der Waals surface area contributed by atoms with E-state index in [4.69, 9.17) is 0 Å². The summed E-state index contributed by atoms with van der Waals surface area (Å²) in [6.45, 7) is 10.1. The average Bonchev–Trinajstić information content (AvgIpc) is 1.78. The molecule has 0 radical (unpaired) electrons. The Kier molecular flexibility index (Phi) is 4.59. The van der Waals surface area contributed by atoms with Crippen molar-refractivity contribution < 1.29 is 9.90 Å². The maximum Gasteiger partial charge on any atom is 0.220 e. The summed E-state index contributed by atoms with van der Waals surface area (Å²) in [6, 6.07) is 0. The fourth-order valence-electron chi connectivity index (χ4n) is 1.05. The average molecular weight is 201 g/mol. The van der Waals surface area contributed by atoms with Gasteiger partial charge in [-0.15, -0.1) is 0 Å². The van der Waals surface area contributed by atoms with Crippen molar-refractivity contribution in [3.63, 3.8) is 0 Å². The summed E-state index contributed by atoms with van der Waals surface area (Å²) in [6.07, 6.45) is 1.11. The van der Waals surface area contributed by atoms with Gasteiger partial charge in [-0.05, 0) is 25.7 Å². The summed E-state index contributed by atoms with van der Waals surface area (Å²) in [4.78, 5) is 11.4. The first-order valence-electron chi connectivity index (χ1n) is 5.09. The van der Waals surface area contributed by atoms with E-state index in [1.54, 1.807) is 13.8 Å². The molecule has 0 saturated heterocycles. The van der Waals surface area contributed by atoms with E-state index in [0.29, 0.717) is 19.4 Å². The van der Waals surface area contributed by atoms with Crippen LogP contribution >= 0.6 is 0 Å². The molecule has 0 spiro atoms. The molecular weight excluding hydrogens is 178 g/mol. The number of carbonyl (C=O) groups excluding carboxylic acids is 1. The number of carbonyl (C=O) groups is 1. The van der Waals surface area contributed by atoms with Gasteiger partial charge in [-0.2, -0.15) is 0 Å². The molecule has 0 fully saturated rings. The number of nitrogens with one attached hydrogen (secondary N) is 1. The molecule has 84 valence electrons. The first kappa shape index (κ1) is 13.4. The third-order valence-corrected chi connectivity index (χ3v) is 1.75. The number of aliphatic hydroxyl groups is 1. The normalized spacial score (nSPS) is 12.7. The fraction of sp³-hybridized carbons (Fsp3) is 0.909. The zero-order valence-corrected chi connectivity index (χ0v) is 9.98. The third-order valence-electron chi connectivity index (χ3n) is 1.75. The maximum atomic E-state index is 11.4. The third kappa shape index (κ3) is 9.52. The maximum absolute atomic E-state index is 11.4. The summed E-state index contributed by atoms with van der Waals surface area (Å²) in [7, 11) is 0. The van der Waals surface area contributed by atoms with Gasteiger partial charge in [0.25, 0.3) is 0 Å². The second-order valence-corrected chi connectivity index (χ2v) is 5.65. The van der Waals surface area contributed by atoms with Gasteiger partial charge < -0.3 is 10.4 Å². The highest BCUT2D eigenvalue weighted by molar-refractivity contribution is 5.76. The number of hydrogen-bond acceptors (Lipinski definition) is 2. The Bertz CT molecular complexity index is 186. The van der Waals surface area contributed by atoms with Crippen molar-refractivity contribution in [1.29, 1.82) is 0 Å². The molecule has 0 aliphatic rings. The van der Waals surface area contributed by atoms with E-state index in [0.717, 1.165) is 0 Å². The van der Waals surface area contributed by atoms with Crippen LogP contribution in [0.15, 0.2) is 0 Å². The topological polar surface area (TPSA) is 49.3 Å². The molecule has 0 atom stereocenters. The Balaban J connectivity index is 3.66. The van der Waals surface area contributed by atoms with Gasteiger partial charge in [-0.1, -0.05) is 20.8 Å². The van der Waals surface area contributed by atoms with E-state index < -0.39 is 5.60 Å². The summed E-state index contributed by atoms with van der Waals surface area (Å²) in [5, 5.41) is 12.2. The molecule has 3 heteroatoms. The van der Waals surface area contributed by atoms with Crippen molar-refractivity contribution in [2.45, 2.75) is 53.1 Å². The Morgan fingerprint density at radius 3 is 2.07 bits per heavy atom. The highest BCUT2D eigenvalue weighted by Gasteiger charge is 2.17. The second kappa shape index (κ2) is 4.78. The molecule has 0 saturated carbocycles. The first-order chi connectivity index (χ1) is 6.10. The first-order valence-corrected chi connectivity index (χ1v) is 5.09. The summed E-state index contributed by atoms with van der Waals surface area (Å²) < 4.78 is 0. The summed E-state index contributed by atoms with van der Waals surface area (Å²) >= 11 is 0. The smallest absolute Gasteiger partial charge is 0.220 e. The SMILES string of the molecule is CC(C)(C)CC(=O)NCCC(C)(C)O. The predicted octanol–water partition coefficient (Wildman–Crippen LogP) is 1.70. The van der Waals surface area contributed by atoms with Crippen LogP contribution in [0, 0.1) is 5.41 Å². The Labute approximate surface area is 86.9 Å². The minimum Gasteiger partial charge on any atom is -0.390 e. The van der Waals surface area contributed by atoms with Crippen molar-refractivity contribution >= 4 is 5.91 Å². The lowest BCUT2D eigenvalue weighted by Gasteiger charge is -2.19. The van der Waals surface area contributed by atoms with Gasteiger partial charge in [-0.25, -0.2) is 0 Å². The van der Waals surface area contributed by atoms with Gasteiger partial charge in [0.2, 0.25) is 5.91 Å². The molecule has 0 bridgehead atoms. The zero-order chi connectivity index (χ0) is 11.4. The lowest BCUT2D eigenvalue weighted by Crippen LogP contribution is -2.32. The molecule has 14 heavy (non-hydrogen) atoms. The van der Waals surface area contributed by atoms with Crippen LogP contribution in [0.25, 0.3) is 0 Å². The standard InChI is InChI=1S/C11H23NO2/c1-10(2,3)8-9(13)12-7-6-11(4,5)14/h14H,6-8H2,1-5H3,(H,12,13). The molecule has 0 aliphatic heterocycles. The van der Waals surface area contributed by atoms with Crippen LogP contribution in [0.4, 0.5) is 0 Å². The molecule has 0 aromatic rings. The van der Waals surface area contributed by atoms with Gasteiger partial charge in [-0.3, -0.25) is 4.79 Å². The molecule has 1 amide bonds. The van der Waals surface area contributed by atoms with E-state index in [1.807, 2.05) is 20.8 Å². The van der Waals surface area contributed by atoms with Crippen LogP contribution < -0.4 is 5.32 Å². The Morgan fingerprint density at radius 2 is 1.71 bits per heavy atom. The van der Waals surface area contributed by atoms with E-state index in [9.17, 15) is 9.90 Å². The molecular formula is C11H23NO2. The highest BCUT2D eigenvalue weighted by Crippen LogP contribution is 2.17. The van der Waals surface area contributed by atoms with Crippen molar-refractivity contribution in [3.05, 3.63) is 0 Å². The summed E-state index contributed by atoms with van der Waals surface area (Å²) in [5.74, 6) is 0.0572. The molecule has 2 N–H and O–H groups in total. The van der Waals surface area contributed by atoms with Gasteiger partial charge >= 0.3 is 0 Å². The molecule has 0 aliphatic carbocycles. The quantitative estimate of drug-likeness (QED) is 0.727. The lowest BCUT2D eigenvalue weighted by atomic mass is 9.92. The van der Waals surface area contributed by atoms with E-state index in [-0.39, 0.29) is 11.3 Å². The predicted molar refractivity (Wildman–Crippen MR) is 58.0 cm³/mol. The Morgan fingerprint density at radius 1 is 1.21 bits per heavy atom. The molecule has 3 nitrogen and oxygen atoms in total. The van der Waals surface area contributed by atoms with Crippen LogP contribution in [0.2, 0.25) is 0 Å². The van der Waals surface area contributed by atoms with E-state index in [1.165, 1.54) is 0 Å². The fourth-order valence-corrected chi connectivity index (χ4v) is 1.05. The van der Waals surface area contributed by atoms with Crippen LogP contribution in [0.3, 0.4) is 0 Å². The van der Waals surface area contributed by atoms with Crippen LogP contribution in [0.1, 0.15) is 47.5 Å². The van der Waals surface area contributed by atoms with Crippen LogP contribution in [-0.4, -0.2) is 23.2 Å². The second-order valence-electron chi connectivity index (χ2n) is 5.65. The number of hydrogen-bond donors (Lipinski definition) is 2. The van der Waals surface area contributed by atoms with Gasteiger partial charge in [0.05, 0.1) is 5.60 Å². The highest BCUT2D eigenvalue weighted by atomic mass is 16.3. The Hall–Kier alpha value is -0.570. The summed E-state index contributed by atoms with van der Waals surface area (Å²) in [5.41, 5.74) is -0.673. The van der Waals surface area contributed by atoms with Crippen molar-refractivity contribution in [3.8, 4) is 0 Å². The molecule has 0 rings (SSSR count). The lowest BCUT2D eigenvalue weighted by molar-refractivity contribution is -0.122. The number of rotatable bonds is 4. The van der Waals surface area contributed by atoms with E-state index >= 15 is 0 Å². The van der Waals surface area contributed by atoms with Gasteiger partial charge in [0.1, 0.15) is 0 Å². The number of amides is 1. The van der Waals surface area contributed by atoms with E-state index in [2.05, 4.69) is 5.32 Å². The van der Waals surface area contributed by atoms with Gasteiger partial charge in [0.15, 0.2) is 0 Å². The van der Waals surface area contributed by atoms with Crippen LogP contribution in [0.5, 0.6) is 0 Å². The van der Waals surface area contributed by atoms with Crippen LogP contribution in [-0.2, 0) is 4.79 Å². The van der Waals surface area contributed by atoms with Crippen molar-refractivity contribution in [1.82, 2.24) is 5.32 Å². The largest absolute Gasteiger partial charge is 0.390 e. The van der Waals surface area contributed by atoms with Crippen molar-refractivity contribution in [2.75, 3.05) is 6.54 Å². The molecule has 0 heterocycles. The van der Waals surface area contributed by atoms with Crippen molar-refractivity contribution in [2.24, 2.45) is 5.41 Å².